The number of allylic oxidation sites excluding steroid dienone is 4. The Bertz CT molecular complexity index is 115. The van der Waals surface area contributed by atoms with E-state index >= 15 is 0 Å². The Morgan fingerprint density at radius 1 is 0.692 bits per heavy atom. The zero-order valence-electron chi connectivity index (χ0n) is 8.67. The molecule has 0 aromatic rings. The molecule has 13 heavy (non-hydrogen) atoms. The fourth-order valence-corrected chi connectivity index (χ4v) is 1.03. The van der Waals surface area contributed by atoms with Crippen LogP contribution < -0.4 is 0 Å². The molecule has 0 heterocycles. The second-order valence-corrected chi connectivity index (χ2v) is 3.17. The molecule has 0 nitrogen and oxygen atoms in total. The van der Waals surface area contributed by atoms with Crippen LogP contribution in [0.4, 0.5) is 0 Å². The molecule has 0 unspecified atom stereocenters. The number of hydrogen-bond acceptors (Lipinski definition) is 0. The Labute approximate surface area is 83.7 Å². The average Bonchev–Trinajstić information content (AvgIpc) is 2.16. The maximum atomic E-state index is 3.80. The molecule has 0 N–H and O–H groups in total. The molecule has 2 radical (unpaired) electrons. The van der Waals surface area contributed by atoms with E-state index in [9.17, 15) is 0 Å². The van der Waals surface area contributed by atoms with E-state index in [1.807, 2.05) is 0 Å². The van der Waals surface area contributed by atoms with Crippen LogP contribution in [0.3, 0.4) is 0 Å². The normalized spacial score (nSPS) is 11.8. The molecule has 0 atom stereocenters. The largest absolute Gasteiger partial charge is 0.0882 e. The van der Waals surface area contributed by atoms with E-state index in [0.717, 1.165) is 19.3 Å². The van der Waals surface area contributed by atoms with Crippen LogP contribution in [-0.4, -0.2) is 0 Å². The molecule has 0 saturated carbocycles. The highest BCUT2D eigenvalue weighted by atomic mass is 13.8. The molecule has 0 fully saturated rings. The highest BCUT2D eigenvalue weighted by molar-refractivity contribution is 4.92. The SMILES string of the molecule is [CH2]CCCC=CCC=CCCC[CH2]. The molecule has 0 aliphatic carbocycles. The second-order valence-electron chi connectivity index (χ2n) is 3.17. The van der Waals surface area contributed by atoms with E-state index in [4.69, 9.17) is 0 Å². The van der Waals surface area contributed by atoms with E-state index in [1.54, 1.807) is 0 Å². The smallest absolute Gasteiger partial charge is 0.0169 e. The fourth-order valence-electron chi connectivity index (χ4n) is 1.03. The Hall–Kier alpha value is -0.520. The van der Waals surface area contributed by atoms with Crippen LogP contribution in [0.5, 0.6) is 0 Å². The molecule has 0 aromatic carbocycles. The van der Waals surface area contributed by atoms with Crippen molar-refractivity contribution < 1.29 is 0 Å². The number of unbranched alkanes of at least 4 members (excludes halogenated alkanes) is 4. The van der Waals surface area contributed by atoms with Crippen LogP contribution >= 0.6 is 0 Å². The third-order valence-electron chi connectivity index (χ3n) is 1.85. The third-order valence-corrected chi connectivity index (χ3v) is 1.85. The lowest BCUT2D eigenvalue weighted by atomic mass is 10.2. The van der Waals surface area contributed by atoms with Gasteiger partial charge in [-0.05, 0) is 32.1 Å². The van der Waals surface area contributed by atoms with Crippen molar-refractivity contribution in [3.05, 3.63) is 38.2 Å². The summed E-state index contributed by atoms with van der Waals surface area (Å²) in [5.74, 6) is 0. The summed E-state index contributed by atoms with van der Waals surface area (Å²) in [6.07, 6.45) is 16.9. The minimum atomic E-state index is 1.05. The summed E-state index contributed by atoms with van der Waals surface area (Å²) < 4.78 is 0. The van der Waals surface area contributed by atoms with Gasteiger partial charge in [-0.2, -0.15) is 0 Å². The van der Waals surface area contributed by atoms with Crippen molar-refractivity contribution in [3.8, 4) is 0 Å². The Morgan fingerprint density at radius 2 is 1.15 bits per heavy atom. The van der Waals surface area contributed by atoms with E-state index in [0.29, 0.717) is 0 Å². The van der Waals surface area contributed by atoms with Crippen LogP contribution in [0.15, 0.2) is 24.3 Å². The molecule has 0 heteroatoms. The molecule has 0 aliphatic heterocycles. The van der Waals surface area contributed by atoms with E-state index in [-0.39, 0.29) is 0 Å². The lowest BCUT2D eigenvalue weighted by molar-refractivity contribution is 0.860. The first-order chi connectivity index (χ1) is 6.41. The van der Waals surface area contributed by atoms with Gasteiger partial charge in [0.1, 0.15) is 0 Å². The summed E-state index contributed by atoms with van der Waals surface area (Å²) in [6.45, 7) is 7.60. The van der Waals surface area contributed by atoms with Gasteiger partial charge in [-0.25, -0.2) is 0 Å². The summed E-state index contributed by atoms with van der Waals surface area (Å²) in [7, 11) is 0. The van der Waals surface area contributed by atoms with Crippen LogP contribution in [0.2, 0.25) is 0 Å². The maximum Gasteiger partial charge on any atom is -0.0169 e. The Balaban J connectivity index is 3.13. The first kappa shape index (κ1) is 12.5. The van der Waals surface area contributed by atoms with Gasteiger partial charge in [-0.3, -0.25) is 0 Å². The van der Waals surface area contributed by atoms with Gasteiger partial charge in [-0.15, -0.1) is 0 Å². The fraction of sp³-hybridized carbons (Fsp3) is 0.538. The zero-order chi connectivity index (χ0) is 9.78. The standard InChI is InChI=1S/C13H22/c1-3-5-7-9-11-13-12-10-8-6-4-2/h9-12H,1-8,13H2. The zero-order valence-corrected chi connectivity index (χ0v) is 8.67. The van der Waals surface area contributed by atoms with E-state index in [2.05, 4.69) is 38.2 Å². The predicted octanol–water partition coefficient (Wildman–Crippen LogP) is 4.50. The van der Waals surface area contributed by atoms with Gasteiger partial charge in [0.15, 0.2) is 0 Å². The summed E-state index contributed by atoms with van der Waals surface area (Å²) in [5, 5.41) is 0. The Kier molecular flexibility index (Phi) is 11.0. The molecular formula is C13H22. The van der Waals surface area contributed by atoms with Crippen molar-refractivity contribution in [3.63, 3.8) is 0 Å². The molecule has 0 aliphatic rings. The highest BCUT2D eigenvalue weighted by Gasteiger charge is 1.78. The molecule has 74 valence electrons. The summed E-state index contributed by atoms with van der Waals surface area (Å²) in [5.41, 5.74) is 0. The first-order valence-electron chi connectivity index (χ1n) is 5.30. The average molecular weight is 178 g/mol. The van der Waals surface area contributed by atoms with Crippen molar-refractivity contribution >= 4 is 0 Å². The second kappa shape index (κ2) is 11.5. The number of rotatable bonds is 8. The van der Waals surface area contributed by atoms with Crippen molar-refractivity contribution in [2.75, 3.05) is 0 Å². The highest BCUT2D eigenvalue weighted by Crippen LogP contribution is 1.98. The third kappa shape index (κ3) is 11.5. The van der Waals surface area contributed by atoms with Gasteiger partial charge < -0.3 is 0 Å². The van der Waals surface area contributed by atoms with Gasteiger partial charge in [0, 0.05) is 0 Å². The predicted molar refractivity (Wildman–Crippen MR) is 61.3 cm³/mol. The van der Waals surface area contributed by atoms with E-state index < -0.39 is 0 Å². The first-order valence-corrected chi connectivity index (χ1v) is 5.30. The van der Waals surface area contributed by atoms with Gasteiger partial charge in [0.05, 0.1) is 0 Å². The maximum absolute atomic E-state index is 3.80. The molecular weight excluding hydrogens is 156 g/mol. The lowest BCUT2D eigenvalue weighted by Crippen LogP contribution is -1.68. The minimum absolute atomic E-state index is 1.05. The van der Waals surface area contributed by atoms with E-state index in [1.165, 1.54) is 25.7 Å². The van der Waals surface area contributed by atoms with Gasteiger partial charge in [-0.1, -0.05) is 51.0 Å². The van der Waals surface area contributed by atoms with Crippen LogP contribution in [0.25, 0.3) is 0 Å². The van der Waals surface area contributed by atoms with Gasteiger partial charge >= 0.3 is 0 Å². The minimum Gasteiger partial charge on any atom is -0.0882 e. The summed E-state index contributed by atoms with van der Waals surface area (Å²) in [4.78, 5) is 0. The molecule has 0 rings (SSSR count). The molecule has 0 amide bonds. The lowest BCUT2D eigenvalue weighted by Gasteiger charge is -1.88. The Morgan fingerprint density at radius 3 is 1.54 bits per heavy atom. The van der Waals surface area contributed by atoms with Crippen molar-refractivity contribution in [2.24, 2.45) is 0 Å². The van der Waals surface area contributed by atoms with Crippen LogP contribution in [-0.2, 0) is 0 Å². The van der Waals surface area contributed by atoms with Crippen LogP contribution in [0.1, 0.15) is 44.9 Å². The molecule has 0 saturated heterocycles. The summed E-state index contributed by atoms with van der Waals surface area (Å²) >= 11 is 0. The molecule has 0 bridgehead atoms. The number of hydrogen-bond donors (Lipinski definition) is 0. The topological polar surface area (TPSA) is 0 Å². The van der Waals surface area contributed by atoms with Crippen molar-refractivity contribution in [1.29, 1.82) is 0 Å². The van der Waals surface area contributed by atoms with Crippen molar-refractivity contribution in [2.45, 2.75) is 44.9 Å². The van der Waals surface area contributed by atoms with Crippen molar-refractivity contribution in [1.82, 2.24) is 0 Å². The van der Waals surface area contributed by atoms with Crippen LogP contribution in [0, 0.1) is 13.8 Å². The van der Waals surface area contributed by atoms with Gasteiger partial charge in [0.25, 0.3) is 0 Å². The van der Waals surface area contributed by atoms with Gasteiger partial charge in [0.2, 0.25) is 0 Å². The molecule has 0 spiro atoms. The molecule has 0 aromatic heterocycles. The monoisotopic (exact) mass is 178 g/mol. The quantitative estimate of drug-likeness (QED) is 0.379. The summed E-state index contributed by atoms with van der Waals surface area (Å²) in [6, 6.07) is 0.